The van der Waals surface area contributed by atoms with Crippen LogP contribution >= 0.6 is 22.6 Å². The maximum atomic E-state index is 11.5. The molecule has 0 saturated carbocycles. The highest BCUT2D eigenvalue weighted by atomic mass is 127. The van der Waals surface area contributed by atoms with Gasteiger partial charge < -0.3 is 5.32 Å². The molecule has 1 atom stereocenters. The molecular formula is C13H27IN2O2S. The van der Waals surface area contributed by atoms with Crippen molar-refractivity contribution in [3.05, 3.63) is 0 Å². The first kappa shape index (κ1) is 17.7. The van der Waals surface area contributed by atoms with Crippen molar-refractivity contribution in [1.29, 1.82) is 0 Å². The van der Waals surface area contributed by atoms with Crippen LogP contribution in [0.15, 0.2) is 0 Å². The molecule has 0 spiro atoms. The Hall–Kier alpha value is 0.600. The second-order valence-electron chi connectivity index (χ2n) is 5.44. The Morgan fingerprint density at radius 1 is 1.26 bits per heavy atom. The van der Waals surface area contributed by atoms with Crippen molar-refractivity contribution < 1.29 is 8.42 Å². The lowest BCUT2D eigenvalue weighted by molar-refractivity contribution is 0.261. The first-order valence-corrected chi connectivity index (χ1v) is 10.6. The van der Waals surface area contributed by atoms with Gasteiger partial charge in [-0.25, -0.2) is 12.7 Å². The summed E-state index contributed by atoms with van der Waals surface area (Å²) in [4.78, 5) is 0. The van der Waals surface area contributed by atoms with E-state index in [1.54, 1.807) is 4.31 Å². The zero-order valence-electron chi connectivity index (χ0n) is 11.9. The third-order valence-corrected chi connectivity index (χ3v) is 5.65. The molecule has 1 aliphatic heterocycles. The molecular weight excluding hydrogens is 375 g/mol. The molecule has 6 heteroatoms. The van der Waals surface area contributed by atoms with E-state index in [1.807, 2.05) is 0 Å². The smallest absolute Gasteiger partial charge is 0.211 e. The lowest BCUT2D eigenvalue weighted by atomic mass is 10.00. The highest BCUT2D eigenvalue weighted by Gasteiger charge is 2.25. The van der Waals surface area contributed by atoms with E-state index in [1.165, 1.54) is 36.4 Å². The van der Waals surface area contributed by atoms with Crippen molar-refractivity contribution in [3.8, 4) is 0 Å². The number of hydrogen-bond donors (Lipinski definition) is 1. The molecule has 1 N–H and O–H groups in total. The fourth-order valence-corrected chi connectivity index (χ4v) is 3.98. The first-order valence-electron chi connectivity index (χ1n) is 7.26. The minimum atomic E-state index is -3.00. The number of halogens is 1. The van der Waals surface area contributed by atoms with Gasteiger partial charge >= 0.3 is 0 Å². The van der Waals surface area contributed by atoms with Gasteiger partial charge in [0.25, 0.3) is 0 Å². The molecule has 19 heavy (non-hydrogen) atoms. The van der Waals surface area contributed by atoms with Crippen LogP contribution in [0.25, 0.3) is 0 Å². The summed E-state index contributed by atoms with van der Waals surface area (Å²) in [6, 6.07) is 0. The number of nitrogens with zero attached hydrogens (tertiary/aromatic N) is 1. The molecule has 0 radical (unpaired) electrons. The monoisotopic (exact) mass is 402 g/mol. The van der Waals surface area contributed by atoms with Crippen LogP contribution in [0, 0.1) is 5.92 Å². The quantitative estimate of drug-likeness (QED) is 0.366. The number of hydrogen-bond acceptors (Lipinski definition) is 3. The van der Waals surface area contributed by atoms with Crippen molar-refractivity contribution in [2.45, 2.75) is 38.5 Å². The van der Waals surface area contributed by atoms with Crippen molar-refractivity contribution in [3.63, 3.8) is 0 Å². The van der Waals surface area contributed by atoms with E-state index < -0.39 is 10.0 Å². The van der Waals surface area contributed by atoms with Crippen LogP contribution in [0.3, 0.4) is 0 Å². The van der Waals surface area contributed by atoms with E-state index in [0.717, 1.165) is 25.9 Å². The molecule has 0 amide bonds. The van der Waals surface area contributed by atoms with E-state index >= 15 is 0 Å². The van der Waals surface area contributed by atoms with Crippen LogP contribution in [0.5, 0.6) is 0 Å². The molecule has 0 aliphatic carbocycles. The largest absolute Gasteiger partial charge is 0.316 e. The standard InChI is InChI=1S/C13H27IN2O2S/c1-19(17,18)16-10-6-7-13(12-16)11-15-9-5-3-2-4-8-14/h13,15H,2-12H2,1H3. The van der Waals surface area contributed by atoms with Gasteiger partial charge in [0.15, 0.2) is 0 Å². The number of unbranched alkanes of at least 4 members (excludes halogenated alkanes) is 3. The van der Waals surface area contributed by atoms with E-state index in [4.69, 9.17) is 0 Å². The summed E-state index contributed by atoms with van der Waals surface area (Å²) < 4.78 is 25.9. The van der Waals surface area contributed by atoms with Crippen LogP contribution in [0.4, 0.5) is 0 Å². The molecule has 1 rings (SSSR count). The van der Waals surface area contributed by atoms with Crippen LogP contribution in [0.2, 0.25) is 0 Å². The van der Waals surface area contributed by atoms with Gasteiger partial charge in [-0.3, -0.25) is 0 Å². The van der Waals surface area contributed by atoms with Gasteiger partial charge in [0.1, 0.15) is 0 Å². The zero-order chi connectivity index (χ0) is 14.1. The summed E-state index contributed by atoms with van der Waals surface area (Å²) in [6.45, 7) is 3.42. The summed E-state index contributed by atoms with van der Waals surface area (Å²) in [7, 11) is -3.00. The number of piperidine rings is 1. The first-order chi connectivity index (χ1) is 9.04. The number of nitrogens with one attached hydrogen (secondary N) is 1. The highest BCUT2D eigenvalue weighted by Crippen LogP contribution is 2.17. The number of alkyl halides is 1. The summed E-state index contributed by atoms with van der Waals surface area (Å²) in [5.74, 6) is 0.484. The van der Waals surface area contributed by atoms with Crippen LogP contribution in [0.1, 0.15) is 38.5 Å². The molecule has 4 nitrogen and oxygen atoms in total. The van der Waals surface area contributed by atoms with Crippen molar-refractivity contribution in [2.75, 3.05) is 36.9 Å². The molecule has 0 aromatic carbocycles. The van der Waals surface area contributed by atoms with Gasteiger partial charge in [0.05, 0.1) is 6.26 Å². The summed E-state index contributed by atoms with van der Waals surface area (Å²) in [6.07, 6.45) is 8.65. The minimum absolute atomic E-state index is 0.484. The van der Waals surface area contributed by atoms with Gasteiger partial charge in [0.2, 0.25) is 10.0 Å². The van der Waals surface area contributed by atoms with Gasteiger partial charge in [0, 0.05) is 13.1 Å². The lowest BCUT2D eigenvalue weighted by Gasteiger charge is -2.31. The average molecular weight is 402 g/mol. The summed E-state index contributed by atoms with van der Waals surface area (Å²) in [5, 5.41) is 3.48. The molecule has 0 bridgehead atoms. The van der Waals surface area contributed by atoms with Gasteiger partial charge in [-0.1, -0.05) is 35.4 Å². The Kier molecular flexibility index (Phi) is 8.84. The topological polar surface area (TPSA) is 49.4 Å². The zero-order valence-corrected chi connectivity index (χ0v) is 14.9. The van der Waals surface area contributed by atoms with Gasteiger partial charge in [-0.2, -0.15) is 0 Å². The van der Waals surface area contributed by atoms with Crippen LogP contribution in [-0.2, 0) is 10.0 Å². The molecule has 1 fully saturated rings. The average Bonchev–Trinajstić information content (AvgIpc) is 2.37. The Balaban J connectivity index is 2.09. The highest BCUT2D eigenvalue weighted by molar-refractivity contribution is 14.1. The predicted molar refractivity (Wildman–Crippen MR) is 89.4 cm³/mol. The Bertz CT molecular complexity index is 336. The second-order valence-corrected chi connectivity index (χ2v) is 8.50. The van der Waals surface area contributed by atoms with Crippen LogP contribution < -0.4 is 5.32 Å². The molecule has 114 valence electrons. The van der Waals surface area contributed by atoms with E-state index in [9.17, 15) is 8.42 Å². The third-order valence-electron chi connectivity index (χ3n) is 3.62. The molecule has 1 saturated heterocycles. The fraction of sp³-hybridized carbons (Fsp3) is 1.00. The summed E-state index contributed by atoms with van der Waals surface area (Å²) in [5.41, 5.74) is 0. The van der Waals surface area contributed by atoms with Crippen LogP contribution in [-0.4, -0.2) is 49.6 Å². The maximum absolute atomic E-state index is 11.5. The molecule has 1 heterocycles. The number of sulfonamides is 1. The van der Waals surface area contributed by atoms with E-state index in [-0.39, 0.29) is 0 Å². The molecule has 1 aliphatic rings. The second kappa shape index (κ2) is 9.52. The van der Waals surface area contributed by atoms with Crippen molar-refractivity contribution in [2.24, 2.45) is 5.92 Å². The minimum Gasteiger partial charge on any atom is -0.316 e. The maximum Gasteiger partial charge on any atom is 0.211 e. The van der Waals surface area contributed by atoms with Gasteiger partial charge in [-0.15, -0.1) is 0 Å². The van der Waals surface area contributed by atoms with Crippen molar-refractivity contribution >= 4 is 32.6 Å². The Morgan fingerprint density at radius 2 is 2.00 bits per heavy atom. The Morgan fingerprint density at radius 3 is 2.68 bits per heavy atom. The predicted octanol–water partition coefficient (Wildman–Crippen LogP) is 2.24. The Labute approximate surface area is 131 Å². The summed E-state index contributed by atoms with van der Waals surface area (Å²) >= 11 is 2.42. The number of rotatable bonds is 9. The lowest BCUT2D eigenvalue weighted by Crippen LogP contribution is -2.42. The SMILES string of the molecule is CS(=O)(=O)N1CCCC(CNCCCCCCI)C1. The van der Waals surface area contributed by atoms with Gasteiger partial charge in [-0.05, 0) is 49.1 Å². The molecule has 0 aromatic heterocycles. The van der Waals surface area contributed by atoms with Crippen molar-refractivity contribution in [1.82, 2.24) is 9.62 Å². The normalized spacial score (nSPS) is 21.7. The fourth-order valence-electron chi connectivity index (χ4n) is 2.50. The molecule has 0 aromatic rings. The third kappa shape index (κ3) is 7.82. The van der Waals surface area contributed by atoms with E-state index in [0.29, 0.717) is 19.0 Å². The van der Waals surface area contributed by atoms with E-state index in [2.05, 4.69) is 27.9 Å². The molecule has 1 unspecified atom stereocenters.